The van der Waals surface area contributed by atoms with Crippen LogP contribution in [0.4, 0.5) is 0 Å². The van der Waals surface area contributed by atoms with E-state index in [1.165, 1.54) is 13.0 Å². The van der Waals surface area contributed by atoms with Gasteiger partial charge in [-0.3, -0.25) is 19.3 Å². The van der Waals surface area contributed by atoms with Gasteiger partial charge in [-0.15, -0.1) is 0 Å². The number of carbonyl (C=O) groups is 3. The second-order valence-electron chi connectivity index (χ2n) is 9.37. The zero-order valence-corrected chi connectivity index (χ0v) is 19.0. The third kappa shape index (κ3) is 3.22. The smallest absolute Gasteiger partial charge is 0.255 e. The van der Waals surface area contributed by atoms with Crippen molar-refractivity contribution < 1.29 is 34.8 Å². The van der Waals surface area contributed by atoms with Gasteiger partial charge < -0.3 is 26.2 Å². The van der Waals surface area contributed by atoms with Crippen LogP contribution in [-0.4, -0.2) is 69.0 Å². The van der Waals surface area contributed by atoms with Crippen LogP contribution in [0.5, 0.6) is 5.75 Å². The molecule has 0 aliphatic heterocycles. The average Bonchev–Trinajstić information content (AvgIpc) is 2.75. The largest absolute Gasteiger partial charge is 0.508 e. The molecule has 0 heterocycles. The molecular formula is C25H26N2O7. The molecule has 0 saturated heterocycles. The highest BCUT2D eigenvalue weighted by Crippen LogP contribution is 2.53. The molecule has 1 amide bonds. The van der Waals surface area contributed by atoms with Crippen LogP contribution in [-0.2, 0) is 20.8 Å². The van der Waals surface area contributed by atoms with Crippen molar-refractivity contribution in [1.29, 1.82) is 0 Å². The van der Waals surface area contributed by atoms with Gasteiger partial charge in [-0.05, 0) is 50.6 Å². The number of hydrogen-bond donors (Lipinski definition) is 5. The van der Waals surface area contributed by atoms with Crippen molar-refractivity contribution in [2.75, 3.05) is 20.6 Å². The summed E-state index contributed by atoms with van der Waals surface area (Å²) in [6.45, 7) is 1.96. The summed E-state index contributed by atoms with van der Waals surface area (Å²) in [7, 11) is 3.74. The molecule has 3 aliphatic carbocycles. The van der Waals surface area contributed by atoms with E-state index in [9.17, 15) is 34.8 Å². The summed E-state index contributed by atoms with van der Waals surface area (Å²) in [5.74, 6) is -1.42. The SMILES string of the molecule is C[C@@H]1C(=O)C(C(N)=O)=C(O)[C@@]2(O)C(=O)C3=C(O)c4c(O)ccc(C#CCN(C)C)c4C[C@H]3C[C@@H]12. The van der Waals surface area contributed by atoms with Crippen LogP contribution in [0.3, 0.4) is 0 Å². The van der Waals surface area contributed by atoms with Gasteiger partial charge in [0.05, 0.1) is 12.1 Å². The van der Waals surface area contributed by atoms with Crippen molar-refractivity contribution >= 4 is 23.2 Å². The highest BCUT2D eigenvalue weighted by atomic mass is 16.3. The summed E-state index contributed by atoms with van der Waals surface area (Å²) in [6, 6.07) is 3.00. The number of fused-ring (bicyclic) bond motifs is 3. The van der Waals surface area contributed by atoms with Crippen molar-refractivity contribution in [3.63, 3.8) is 0 Å². The van der Waals surface area contributed by atoms with Gasteiger partial charge in [0.15, 0.2) is 11.4 Å². The minimum absolute atomic E-state index is 0.0387. The van der Waals surface area contributed by atoms with Gasteiger partial charge in [-0.1, -0.05) is 18.8 Å². The van der Waals surface area contributed by atoms with E-state index in [-0.39, 0.29) is 29.7 Å². The van der Waals surface area contributed by atoms with E-state index >= 15 is 0 Å². The quantitative estimate of drug-likeness (QED) is 0.312. The first-order valence-corrected chi connectivity index (χ1v) is 10.9. The number of aliphatic hydroxyl groups is 3. The fourth-order valence-corrected chi connectivity index (χ4v) is 5.35. The molecule has 1 aromatic rings. The number of phenols is 1. The first kappa shape index (κ1) is 23.5. The van der Waals surface area contributed by atoms with Gasteiger partial charge in [0, 0.05) is 23.0 Å². The Hall–Kier alpha value is -3.61. The van der Waals surface area contributed by atoms with Crippen LogP contribution in [0.15, 0.2) is 29.0 Å². The van der Waals surface area contributed by atoms with E-state index in [1.54, 1.807) is 6.07 Å². The monoisotopic (exact) mass is 466 g/mol. The number of nitrogens with two attached hydrogens (primary N) is 1. The van der Waals surface area contributed by atoms with Gasteiger partial charge in [0.25, 0.3) is 5.91 Å². The number of rotatable bonds is 2. The highest BCUT2D eigenvalue weighted by molar-refractivity contribution is 6.23. The van der Waals surface area contributed by atoms with Gasteiger partial charge in [0.1, 0.15) is 22.8 Å². The van der Waals surface area contributed by atoms with Crippen LogP contribution in [0.25, 0.3) is 5.76 Å². The van der Waals surface area contributed by atoms with Gasteiger partial charge in [-0.25, -0.2) is 0 Å². The maximum atomic E-state index is 13.6. The lowest BCUT2D eigenvalue weighted by Gasteiger charge is -2.48. The summed E-state index contributed by atoms with van der Waals surface area (Å²) < 4.78 is 0. The van der Waals surface area contributed by atoms with Crippen LogP contribution >= 0.6 is 0 Å². The zero-order chi connectivity index (χ0) is 25.1. The Morgan fingerprint density at radius 3 is 2.53 bits per heavy atom. The molecule has 0 unspecified atom stereocenters. The normalized spacial score (nSPS) is 28.2. The lowest BCUT2D eigenvalue weighted by atomic mass is 9.56. The molecular weight excluding hydrogens is 440 g/mol. The first-order valence-electron chi connectivity index (χ1n) is 10.9. The van der Waals surface area contributed by atoms with E-state index in [2.05, 4.69) is 11.8 Å². The molecule has 9 heteroatoms. The van der Waals surface area contributed by atoms with Gasteiger partial charge in [0.2, 0.25) is 5.78 Å². The molecule has 0 aromatic heterocycles. The predicted molar refractivity (Wildman–Crippen MR) is 121 cm³/mol. The maximum Gasteiger partial charge on any atom is 0.255 e. The molecule has 34 heavy (non-hydrogen) atoms. The Kier molecular flexibility index (Phi) is 5.55. The number of Topliss-reactive ketones (excluding diaryl/α,β-unsaturated/α-hetero) is 2. The second kappa shape index (κ2) is 8.01. The predicted octanol–water partition coefficient (Wildman–Crippen LogP) is 0.583. The Labute approximate surface area is 196 Å². The second-order valence-corrected chi connectivity index (χ2v) is 9.37. The summed E-state index contributed by atoms with van der Waals surface area (Å²) in [6.07, 6.45) is 0.297. The summed E-state index contributed by atoms with van der Waals surface area (Å²) in [5.41, 5.74) is 2.86. The van der Waals surface area contributed by atoms with Crippen molar-refractivity contribution in [2.24, 2.45) is 23.5 Å². The van der Waals surface area contributed by atoms with Gasteiger partial charge >= 0.3 is 0 Å². The van der Waals surface area contributed by atoms with E-state index in [4.69, 9.17) is 5.73 Å². The van der Waals surface area contributed by atoms with Crippen LogP contribution < -0.4 is 5.73 Å². The van der Waals surface area contributed by atoms with E-state index in [1.807, 2.05) is 19.0 Å². The fourth-order valence-electron chi connectivity index (χ4n) is 5.35. The van der Waals surface area contributed by atoms with Crippen molar-refractivity contribution in [1.82, 2.24) is 4.90 Å². The van der Waals surface area contributed by atoms with Crippen molar-refractivity contribution in [3.05, 3.63) is 45.7 Å². The molecule has 178 valence electrons. The molecule has 0 radical (unpaired) electrons. The molecule has 1 aromatic carbocycles. The van der Waals surface area contributed by atoms with E-state index < -0.39 is 57.9 Å². The number of carbonyl (C=O) groups excluding carboxylic acids is 3. The summed E-state index contributed by atoms with van der Waals surface area (Å²) >= 11 is 0. The number of aromatic hydroxyl groups is 1. The molecule has 0 bridgehead atoms. The van der Waals surface area contributed by atoms with Crippen molar-refractivity contribution in [2.45, 2.75) is 25.4 Å². The topological polar surface area (TPSA) is 161 Å². The third-order valence-electron chi connectivity index (χ3n) is 7.03. The number of nitrogens with zero attached hydrogens (tertiary/aromatic N) is 1. The van der Waals surface area contributed by atoms with Crippen LogP contribution in [0.1, 0.15) is 30.0 Å². The number of amides is 1. The summed E-state index contributed by atoms with van der Waals surface area (Å²) in [5, 5.41) is 43.7. The number of primary amides is 1. The van der Waals surface area contributed by atoms with Crippen LogP contribution in [0, 0.1) is 29.6 Å². The zero-order valence-electron chi connectivity index (χ0n) is 19.0. The molecule has 1 saturated carbocycles. The van der Waals surface area contributed by atoms with Crippen molar-refractivity contribution in [3.8, 4) is 17.6 Å². The minimum Gasteiger partial charge on any atom is -0.508 e. The average molecular weight is 466 g/mol. The first-order chi connectivity index (χ1) is 15.9. The lowest BCUT2D eigenvalue weighted by Crippen LogP contribution is -2.61. The highest BCUT2D eigenvalue weighted by Gasteiger charge is 2.62. The van der Waals surface area contributed by atoms with E-state index in [0.717, 1.165) is 0 Å². The Morgan fingerprint density at radius 2 is 1.91 bits per heavy atom. The number of hydrogen-bond acceptors (Lipinski definition) is 8. The number of benzene rings is 1. The Bertz CT molecular complexity index is 1260. The van der Waals surface area contributed by atoms with E-state index in [0.29, 0.717) is 17.7 Å². The fraction of sp³-hybridized carbons (Fsp3) is 0.400. The third-order valence-corrected chi connectivity index (χ3v) is 7.03. The lowest BCUT2D eigenvalue weighted by molar-refractivity contribution is -0.152. The molecule has 9 nitrogen and oxygen atoms in total. The molecule has 3 aliphatic rings. The Morgan fingerprint density at radius 1 is 1.24 bits per heavy atom. The number of aliphatic hydroxyl groups excluding tert-OH is 2. The number of phenolic OH excluding ortho intramolecular Hbond substituents is 1. The van der Waals surface area contributed by atoms with Gasteiger partial charge in [-0.2, -0.15) is 0 Å². The molecule has 0 spiro atoms. The van der Waals surface area contributed by atoms with Crippen LogP contribution in [0.2, 0.25) is 0 Å². The molecule has 4 rings (SSSR count). The standard InChI is InChI=1S/C25H26N2O7/c1-11-15-10-13-9-14-12(5-4-8-27(2)3)6-7-16(28)18(14)21(30)17(13)22(31)25(15,34)23(32)19(20(11)29)24(26)33/h6-7,11,13,15,28,30,32,34H,8-10H2,1-3H3,(H2,26,33)/t11-,13-,15-,25-/m0/s1. The Balaban J connectivity index is 1.90. The summed E-state index contributed by atoms with van der Waals surface area (Å²) in [4.78, 5) is 40.0. The number of ketones is 2. The minimum atomic E-state index is -2.59. The maximum absolute atomic E-state index is 13.6. The molecule has 1 fully saturated rings. The molecule has 4 atom stereocenters. The molecule has 6 N–H and O–H groups in total.